The minimum Gasteiger partial charge on any atom is -0.354 e. The Bertz CT molecular complexity index is 723. The molecule has 2 aromatic carbocycles. The molecule has 1 aliphatic rings. The third-order valence-electron chi connectivity index (χ3n) is 5.31. The zero-order valence-corrected chi connectivity index (χ0v) is 18.1. The van der Waals surface area contributed by atoms with E-state index in [1.54, 1.807) is 0 Å². The number of carbonyl (C=O) groups is 1. The second kappa shape index (κ2) is 11.5. The van der Waals surface area contributed by atoms with Gasteiger partial charge in [-0.1, -0.05) is 66.4 Å². The van der Waals surface area contributed by atoms with Gasteiger partial charge in [0.15, 0.2) is 0 Å². The third-order valence-corrected chi connectivity index (χ3v) is 5.57. The first-order valence-electron chi connectivity index (χ1n) is 9.93. The summed E-state index contributed by atoms with van der Waals surface area (Å²) in [7, 11) is 0. The van der Waals surface area contributed by atoms with Gasteiger partial charge >= 0.3 is 0 Å². The molecule has 0 aliphatic carbocycles. The second-order valence-electron chi connectivity index (χ2n) is 7.48. The quantitative estimate of drug-likeness (QED) is 0.682. The molecule has 3 nitrogen and oxygen atoms in total. The summed E-state index contributed by atoms with van der Waals surface area (Å²) in [4.78, 5) is 15.0. The lowest BCUT2D eigenvalue weighted by Gasteiger charge is -2.31. The minimum absolute atomic E-state index is 0. The number of hydrogen-bond donors (Lipinski definition) is 1. The van der Waals surface area contributed by atoms with Crippen molar-refractivity contribution in [3.63, 3.8) is 0 Å². The Morgan fingerprint density at radius 2 is 1.61 bits per heavy atom. The average molecular weight is 421 g/mol. The Hall–Kier alpha value is -1.55. The van der Waals surface area contributed by atoms with Gasteiger partial charge in [-0.3, -0.25) is 9.69 Å². The van der Waals surface area contributed by atoms with E-state index in [0.29, 0.717) is 18.0 Å². The second-order valence-corrected chi connectivity index (χ2v) is 7.92. The van der Waals surface area contributed by atoms with E-state index in [1.807, 2.05) is 24.3 Å². The highest BCUT2D eigenvalue weighted by atomic mass is 35.5. The summed E-state index contributed by atoms with van der Waals surface area (Å²) >= 11 is 5.92. The Morgan fingerprint density at radius 1 is 1.00 bits per heavy atom. The molecule has 0 aromatic heterocycles. The van der Waals surface area contributed by atoms with E-state index in [-0.39, 0.29) is 24.4 Å². The molecule has 0 spiro atoms. The molecule has 2 aromatic rings. The maximum atomic E-state index is 12.5. The number of benzene rings is 2. The van der Waals surface area contributed by atoms with Gasteiger partial charge in [-0.05, 0) is 56.1 Å². The average Bonchev–Trinajstić information content (AvgIpc) is 2.95. The molecule has 3 rings (SSSR count). The Balaban J connectivity index is 0.00000280. The van der Waals surface area contributed by atoms with E-state index in [1.165, 1.54) is 36.8 Å². The van der Waals surface area contributed by atoms with Crippen LogP contribution in [0.2, 0.25) is 5.02 Å². The smallest absolute Gasteiger partial charge is 0.224 e. The molecule has 0 bridgehead atoms. The molecule has 1 heterocycles. The third kappa shape index (κ3) is 6.80. The van der Waals surface area contributed by atoms with Crippen LogP contribution in [0.25, 0.3) is 0 Å². The first-order valence-corrected chi connectivity index (χ1v) is 10.3. The van der Waals surface area contributed by atoms with E-state index in [2.05, 4.69) is 41.4 Å². The lowest BCUT2D eigenvalue weighted by atomic mass is 10.0. The maximum absolute atomic E-state index is 12.5. The molecule has 1 aliphatic heterocycles. The van der Waals surface area contributed by atoms with Gasteiger partial charge in [0.1, 0.15) is 0 Å². The fourth-order valence-electron chi connectivity index (χ4n) is 3.71. The molecule has 0 radical (unpaired) electrons. The molecule has 28 heavy (non-hydrogen) atoms. The van der Waals surface area contributed by atoms with Crippen molar-refractivity contribution in [2.75, 3.05) is 19.6 Å². The molecule has 0 saturated carbocycles. The summed E-state index contributed by atoms with van der Waals surface area (Å²) in [6.45, 7) is 4.96. The summed E-state index contributed by atoms with van der Waals surface area (Å²) in [6, 6.07) is 16.4. The van der Waals surface area contributed by atoms with Crippen LogP contribution in [0.3, 0.4) is 0 Å². The molecule has 1 saturated heterocycles. The summed E-state index contributed by atoms with van der Waals surface area (Å²) < 4.78 is 0. The van der Waals surface area contributed by atoms with Gasteiger partial charge in [-0.2, -0.15) is 0 Å². The highest BCUT2D eigenvalue weighted by Gasteiger charge is 2.22. The van der Waals surface area contributed by atoms with Crippen molar-refractivity contribution in [3.8, 4) is 0 Å². The number of aryl methyl sites for hydroxylation is 1. The van der Waals surface area contributed by atoms with Gasteiger partial charge < -0.3 is 5.32 Å². The van der Waals surface area contributed by atoms with Crippen LogP contribution in [0.4, 0.5) is 0 Å². The largest absolute Gasteiger partial charge is 0.354 e. The van der Waals surface area contributed by atoms with Crippen LogP contribution >= 0.6 is 24.0 Å². The standard InChI is InChI=1S/C23H29ClN2O.ClH/c1-18-6-10-20(11-7-18)22(26-14-4-2-3-5-15-26)17-25-23(27)16-19-8-12-21(24)13-9-19;/h6-13,22H,2-5,14-17H2,1H3,(H,25,27);1H. The summed E-state index contributed by atoms with van der Waals surface area (Å²) in [5, 5.41) is 3.86. The molecule has 1 N–H and O–H groups in total. The number of amides is 1. The van der Waals surface area contributed by atoms with Crippen molar-refractivity contribution in [2.24, 2.45) is 0 Å². The van der Waals surface area contributed by atoms with Gasteiger partial charge in [0, 0.05) is 11.6 Å². The lowest BCUT2D eigenvalue weighted by Crippen LogP contribution is -2.39. The van der Waals surface area contributed by atoms with Gasteiger partial charge in [-0.25, -0.2) is 0 Å². The number of carbonyl (C=O) groups excluding carboxylic acids is 1. The minimum atomic E-state index is 0. The number of hydrogen-bond acceptors (Lipinski definition) is 2. The Morgan fingerprint density at radius 3 is 2.21 bits per heavy atom. The molecular formula is C23H30Cl2N2O. The van der Waals surface area contributed by atoms with E-state index in [4.69, 9.17) is 11.6 Å². The molecule has 1 amide bonds. The van der Waals surface area contributed by atoms with Crippen molar-refractivity contribution in [3.05, 3.63) is 70.2 Å². The van der Waals surface area contributed by atoms with Crippen LogP contribution in [-0.4, -0.2) is 30.4 Å². The van der Waals surface area contributed by atoms with Crippen LogP contribution in [-0.2, 0) is 11.2 Å². The van der Waals surface area contributed by atoms with Gasteiger partial charge in [-0.15, -0.1) is 12.4 Å². The highest BCUT2D eigenvalue weighted by molar-refractivity contribution is 6.30. The van der Waals surface area contributed by atoms with Crippen molar-refractivity contribution >= 4 is 29.9 Å². The van der Waals surface area contributed by atoms with E-state index in [0.717, 1.165) is 18.7 Å². The van der Waals surface area contributed by atoms with Crippen molar-refractivity contribution < 1.29 is 4.79 Å². The monoisotopic (exact) mass is 420 g/mol. The Labute approximate surface area is 179 Å². The molecule has 1 fully saturated rings. The molecular weight excluding hydrogens is 391 g/mol. The Kier molecular flexibility index (Phi) is 9.30. The SMILES string of the molecule is Cc1ccc(C(CNC(=O)Cc2ccc(Cl)cc2)N2CCCCCC2)cc1.Cl. The van der Waals surface area contributed by atoms with Gasteiger partial charge in [0.05, 0.1) is 12.5 Å². The van der Waals surface area contributed by atoms with Crippen molar-refractivity contribution in [2.45, 2.75) is 45.1 Å². The molecule has 152 valence electrons. The molecule has 1 atom stereocenters. The van der Waals surface area contributed by atoms with Crippen molar-refractivity contribution in [1.29, 1.82) is 0 Å². The van der Waals surface area contributed by atoms with Crippen LogP contribution < -0.4 is 5.32 Å². The zero-order chi connectivity index (χ0) is 19.1. The van der Waals surface area contributed by atoms with Gasteiger partial charge in [0.25, 0.3) is 0 Å². The number of nitrogens with one attached hydrogen (secondary N) is 1. The maximum Gasteiger partial charge on any atom is 0.224 e. The van der Waals surface area contributed by atoms with Gasteiger partial charge in [0.2, 0.25) is 5.91 Å². The molecule has 1 unspecified atom stereocenters. The predicted molar refractivity (Wildman–Crippen MR) is 119 cm³/mol. The first kappa shape index (κ1) is 22.7. The highest BCUT2D eigenvalue weighted by Crippen LogP contribution is 2.24. The number of likely N-dealkylation sites (tertiary alicyclic amines) is 1. The normalized spacial score (nSPS) is 15.9. The topological polar surface area (TPSA) is 32.3 Å². The number of rotatable bonds is 6. The predicted octanol–water partition coefficient (Wildman–Crippen LogP) is 5.35. The first-order chi connectivity index (χ1) is 13.1. The van der Waals surface area contributed by atoms with Crippen LogP contribution in [0, 0.1) is 6.92 Å². The fraction of sp³-hybridized carbons (Fsp3) is 0.435. The molecule has 5 heteroatoms. The van der Waals surface area contributed by atoms with Crippen molar-refractivity contribution in [1.82, 2.24) is 10.2 Å². The number of halogens is 2. The van der Waals surface area contributed by atoms with E-state index in [9.17, 15) is 4.79 Å². The van der Waals surface area contributed by atoms with Crippen LogP contribution in [0.5, 0.6) is 0 Å². The summed E-state index contributed by atoms with van der Waals surface area (Å²) in [5.74, 6) is 0.0595. The van der Waals surface area contributed by atoms with E-state index >= 15 is 0 Å². The van der Waals surface area contributed by atoms with Crippen LogP contribution in [0.1, 0.15) is 48.4 Å². The number of nitrogens with zero attached hydrogens (tertiary/aromatic N) is 1. The summed E-state index contributed by atoms with van der Waals surface area (Å²) in [6.07, 6.45) is 5.47. The zero-order valence-electron chi connectivity index (χ0n) is 16.5. The fourth-order valence-corrected chi connectivity index (χ4v) is 3.84. The summed E-state index contributed by atoms with van der Waals surface area (Å²) in [5.41, 5.74) is 3.54. The van der Waals surface area contributed by atoms with Crippen LogP contribution in [0.15, 0.2) is 48.5 Å². The lowest BCUT2D eigenvalue weighted by molar-refractivity contribution is -0.120. The van der Waals surface area contributed by atoms with E-state index < -0.39 is 0 Å².